The fraction of sp³-hybridized carbons (Fsp3) is 0.464. The number of aliphatic carboxylic acids is 1. The smallest absolute Gasteiger partial charge is 0.407 e. The van der Waals surface area contributed by atoms with Crippen molar-refractivity contribution in [3.8, 4) is 11.1 Å². The van der Waals surface area contributed by atoms with Gasteiger partial charge in [0.1, 0.15) is 6.61 Å². The normalized spacial score (nSPS) is 16.5. The molecule has 2 amide bonds. The molecule has 0 aromatic heterocycles. The molecule has 0 spiro atoms. The number of piperidine rings is 1. The van der Waals surface area contributed by atoms with Gasteiger partial charge < -0.3 is 20.1 Å². The topological polar surface area (TPSA) is 95.9 Å². The molecule has 1 atom stereocenters. The molecule has 0 bridgehead atoms. The molecule has 7 nitrogen and oxygen atoms in total. The van der Waals surface area contributed by atoms with Crippen LogP contribution >= 0.6 is 0 Å². The van der Waals surface area contributed by atoms with Crippen LogP contribution in [0.4, 0.5) is 4.79 Å². The van der Waals surface area contributed by atoms with Gasteiger partial charge in [-0.2, -0.15) is 0 Å². The van der Waals surface area contributed by atoms with Crippen LogP contribution in [0, 0.1) is 11.8 Å². The molecule has 0 radical (unpaired) electrons. The van der Waals surface area contributed by atoms with E-state index in [0.717, 1.165) is 11.1 Å². The molecule has 2 N–H and O–H groups in total. The molecule has 1 fully saturated rings. The van der Waals surface area contributed by atoms with Crippen LogP contribution in [0.3, 0.4) is 0 Å². The lowest BCUT2D eigenvalue weighted by Gasteiger charge is -2.33. The molecular formula is C28H34N2O5. The molecule has 35 heavy (non-hydrogen) atoms. The van der Waals surface area contributed by atoms with E-state index in [2.05, 4.69) is 29.6 Å². The second kappa shape index (κ2) is 10.9. The number of carbonyl (C=O) groups is 3. The second-order valence-electron chi connectivity index (χ2n) is 9.95. The summed E-state index contributed by atoms with van der Waals surface area (Å²) in [6.07, 6.45) is 1.23. The van der Waals surface area contributed by atoms with Gasteiger partial charge in [-0.3, -0.25) is 9.59 Å². The summed E-state index contributed by atoms with van der Waals surface area (Å²) in [5, 5.41) is 11.9. The highest BCUT2D eigenvalue weighted by Gasteiger charge is 2.30. The Kier molecular flexibility index (Phi) is 7.73. The molecular weight excluding hydrogens is 444 g/mol. The van der Waals surface area contributed by atoms with Crippen LogP contribution in [0.15, 0.2) is 48.5 Å². The predicted octanol–water partition coefficient (Wildman–Crippen LogP) is 4.65. The average molecular weight is 479 g/mol. The van der Waals surface area contributed by atoms with E-state index in [9.17, 15) is 14.4 Å². The van der Waals surface area contributed by atoms with Crippen LogP contribution in [-0.4, -0.2) is 53.7 Å². The van der Waals surface area contributed by atoms with E-state index in [1.165, 1.54) is 11.1 Å². The molecule has 0 saturated carbocycles. The van der Waals surface area contributed by atoms with Gasteiger partial charge in [0, 0.05) is 37.9 Å². The van der Waals surface area contributed by atoms with Gasteiger partial charge in [0.15, 0.2) is 0 Å². The number of ether oxygens (including phenoxy) is 1. The zero-order valence-electron chi connectivity index (χ0n) is 20.4. The van der Waals surface area contributed by atoms with Gasteiger partial charge in [-0.25, -0.2) is 4.79 Å². The van der Waals surface area contributed by atoms with Crippen molar-refractivity contribution in [3.63, 3.8) is 0 Å². The summed E-state index contributed by atoms with van der Waals surface area (Å²) in [5.41, 5.74) is 4.66. The van der Waals surface area contributed by atoms with Gasteiger partial charge in [0.2, 0.25) is 5.91 Å². The highest BCUT2D eigenvalue weighted by atomic mass is 16.5. The lowest BCUT2D eigenvalue weighted by atomic mass is 9.93. The molecule has 0 unspecified atom stereocenters. The fourth-order valence-electron chi connectivity index (χ4n) is 5.20. The minimum Gasteiger partial charge on any atom is -0.481 e. The van der Waals surface area contributed by atoms with Crippen molar-refractivity contribution in [2.45, 2.75) is 51.5 Å². The highest BCUT2D eigenvalue weighted by Crippen LogP contribution is 2.44. The van der Waals surface area contributed by atoms with Crippen molar-refractivity contribution in [2.75, 3.05) is 19.7 Å². The zero-order valence-corrected chi connectivity index (χ0v) is 20.4. The Morgan fingerprint density at radius 1 is 1.00 bits per heavy atom. The number of nitrogens with zero attached hydrogens (tertiary/aromatic N) is 1. The summed E-state index contributed by atoms with van der Waals surface area (Å²) in [7, 11) is 0. The van der Waals surface area contributed by atoms with E-state index in [4.69, 9.17) is 9.84 Å². The Morgan fingerprint density at radius 2 is 1.57 bits per heavy atom. The maximum Gasteiger partial charge on any atom is 0.407 e. The number of fused-ring (bicyclic) bond motifs is 3. The maximum absolute atomic E-state index is 12.9. The summed E-state index contributed by atoms with van der Waals surface area (Å²) < 4.78 is 5.67. The third-order valence-corrected chi connectivity index (χ3v) is 7.28. The minimum absolute atomic E-state index is 0.0145. The zero-order chi connectivity index (χ0) is 24.9. The maximum atomic E-state index is 12.9. The van der Waals surface area contributed by atoms with Crippen molar-refractivity contribution in [3.05, 3.63) is 59.7 Å². The van der Waals surface area contributed by atoms with E-state index in [-0.39, 0.29) is 49.2 Å². The van der Waals surface area contributed by atoms with Crippen molar-refractivity contribution >= 4 is 18.0 Å². The van der Waals surface area contributed by atoms with Gasteiger partial charge in [-0.15, -0.1) is 0 Å². The van der Waals surface area contributed by atoms with Crippen LogP contribution in [0.1, 0.15) is 56.6 Å². The van der Waals surface area contributed by atoms with E-state index in [1.54, 1.807) is 4.90 Å². The molecule has 1 aliphatic carbocycles. The molecule has 2 aliphatic rings. The monoisotopic (exact) mass is 478 g/mol. The summed E-state index contributed by atoms with van der Waals surface area (Å²) >= 11 is 0. The van der Waals surface area contributed by atoms with Gasteiger partial charge in [0.25, 0.3) is 0 Å². The summed E-state index contributed by atoms with van der Waals surface area (Å²) in [6, 6.07) is 16.1. The Morgan fingerprint density at radius 3 is 2.11 bits per heavy atom. The Hall–Kier alpha value is -3.35. The first-order valence-corrected chi connectivity index (χ1v) is 12.4. The molecule has 1 aliphatic heterocycles. The van der Waals surface area contributed by atoms with Crippen molar-refractivity contribution in [2.24, 2.45) is 11.8 Å². The van der Waals surface area contributed by atoms with Gasteiger partial charge in [-0.1, -0.05) is 62.4 Å². The number of hydrogen-bond donors (Lipinski definition) is 2. The highest BCUT2D eigenvalue weighted by molar-refractivity contribution is 5.80. The number of alkyl carbamates (subject to hydrolysis) is 1. The number of likely N-dealkylation sites (tertiary alicyclic amines) is 1. The first-order chi connectivity index (χ1) is 16.8. The van der Waals surface area contributed by atoms with E-state index < -0.39 is 12.1 Å². The summed E-state index contributed by atoms with van der Waals surface area (Å²) in [4.78, 5) is 38.3. The van der Waals surface area contributed by atoms with Crippen LogP contribution < -0.4 is 5.32 Å². The molecule has 2 aromatic carbocycles. The van der Waals surface area contributed by atoms with Crippen LogP contribution in [0.2, 0.25) is 0 Å². The Balaban J connectivity index is 1.31. The molecule has 4 rings (SSSR count). The number of nitrogens with one attached hydrogen (secondary N) is 1. The quantitative estimate of drug-likeness (QED) is 0.576. The molecule has 186 valence electrons. The van der Waals surface area contributed by atoms with Crippen LogP contribution in [0.25, 0.3) is 11.1 Å². The first kappa shape index (κ1) is 24.8. The first-order valence-electron chi connectivity index (χ1n) is 12.4. The van der Waals surface area contributed by atoms with Crippen molar-refractivity contribution < 1.29 is 24.2 Å². The molecule has 1 heterocycles. The number of amides is 2. The number of carboxylic acids is 1. The van der Waals surface area contributed by atoms with Crippen LogP contribution in [-0.2, 0) is 14.3 Å². The molecule has 1 saturated heterocycles. The number of benzene rings is 2. The third kappa shape index (κ3) is 5.84. The SMILES string of the molecule is CC(C)[C@H](CC(=O)N1CCC(CC(=O)O)CC1)NC(=O)OCC1c2ccccc2-c2ccccc21. The number of carbonyl (C=O) groups excluding carboxylic acids is 2. The average Bonchev–Trinajstić information content (AvgIpc) is 3.16. The number of carboxylic acid groups (broad SMARTS) is 1. The third-order valence-electron chi connectivity index (χ3n) is 7.28. The largest absolute Gasteiger partial charge is 0.481 e. The Bertz CT molecular complexity index is 1030. The van der Waals surface area contributed by atoms with Crippen molar-refractivity contribution in [1.29, 1.82) is 0 Å². The van der Waals surface area contributed by atoms with E-state index in [1.807, 2.05) is 38.1 Å². The van der Waals surface area contributed by atoms with E-state index >= 15 is 0 Å². The standard InChI is InChI=1S/C28H34N2O5/c1-18(2)25(16-26(31)30-13-11-19(12-14-30)15-27(32)33)29-28(34)35-17-24-22-9-5-3-7-20(22)21-8-4-6-10-23(21)24/h3-10,18-19,24-25H,11-17H2,1-2H3,(H,29,34)(H,32,33)/t25-/m0/s1. The second-order valence-corrected chi connectivity index (χ2v) is 9.95. The Labute approximate surface area is 206 Å². The van der Waals surface area contributed by atoms with Gasteiger partial charge in [0.05, 0.1) is 0 Å². The summed E-state index contributed by atoms with van der Waals surface area (Å²) in [5.74, 6) is -0.641. The molecule has 7 heteroatoms. The summed E-state index contributed by atoms with van der Waals surface area (Å²) in [6.45, 7) is 5.30. The number of rotatable bonds is 8. The fourth-order valence-corrected chi connectivity index (χ4v) is 5.20. The molecule has 2 aromatic rings. The van der Waals surface area contributed by atoms with Gasteiger partial charge >= 0.3 is 12.1 Å². The number of hydrogen-bond acceptors (Lipinski definition) is 4. The lowest BCUT2D eigenvalue weighted by Crippen LogP contribution is -2.45. The minimum atomic E-state index is -0.790. The lowest BCUT2D eigenvalue weighted by molar-refractivity contribution is -0.138. The van der Waals surface area contributed by atoms with E-state index in [0.29, 0.717) is 25.9 Å². The predicted molar refractivity (Wildman–Crippen MR) is 133 cm³/mol. The van der Waals surface area contributed by atoms with Crippen molar-refractivity contribution in [1.82, 2.24) is 10.2 Å². The van der Waals surface area contributed by atoms with Gasteiger partial charge in [-0.05, 0) is 46.9 Å². The van der Waals surface area contributed by atoms with Crippen LogP contribution in [0.5, 0.6) is 0 Å².